The van der Waals surface area contributed by atoms with Gasteiger partial charge in [0.25, 0.3) is 5.95 Å². The lowest BCUT2D eigenvalue weighted by molar-refractivity contribution is 0.0703. The van der Waals surface area contributed by atoms with Gasteiger partial charge in [-0.1, -0.05) is 5.10 Å². The summed E-state index contributed by atoms with van der Waals surface area (Å²) in [7, 11) is -2.63. The predicted octanol–water partition coefficient (Wildman–Crippen LogP) is 0.0165. The van der Waals surface area contributed by atoms with Crippen LogP contribution in [0.3, 0.4) is 0 Å². The van der Waals surface area contributed by atoms with Crippen molar-refractivity contribution in [1.29, 1.82) is 0 Å². The van der Waals surface area contributed by atoms with Crippen molar-refractivity contribution in [2.75, 3.05) is 19.8 Å². The molecule has 0 bridgehead atoms. The average Bonchev–Trinajstić information content (AvgIpc) is 2.86. The molecule has 11 heteroatoms. The minimum Gasteiger partial charge on any atom is -0.374 e. The van der Waals surface area contributed by atoms with Crippen LogP contribution in [0.5, 0.6) is 0 Å². The first-order valence-corrected chi connectivity index (χ1v) is 9.27. The fraction of sp³-hybridized carbons (Fsp3) is 0.818. The van der Waals surface area contributed by atoms with Crippen molar-refractivity contribution < 1.29 is 13.3 Å². The van der Waals surface area contributed by atoms with Gasteiger partial charge >= 0.3 is 8.80 Å². The number of rotatable bonds is 11. The van der Waals surface area contributed by atoms with Crippen LogP contribution in [0, 0.1) is 0 Å². The molecule has 0 saturated heterocycles. The Hall–Kier alpha value is -1.56. The van der Waals surface area contributed by atoms with Crippen LogP contribution in [0.25, 0.3) is 0 Å². The first kappa shape index (κ1) is 18.5. The number of aryl methyl sites for hydroxylation is 1. The van der Waals surface area contributed by atoms with Crippen molar-refractivity contribution in [2.45, 2.75) is 39.8 Å². The van der Waals surface area contributed by atoms with Gasteiger partial charge in [-0.15, -0.1) is 5.10 Å². The largest absolute Gasteiger partial charge is 0.500 e. The summed E-state index contributed by atoms with van der Waals surface area (Å²) in [5.74, 6) is 0.0398. The fourth-order valence-corrected chi connectivity index (χ4v) is 4.52. The van der Waals surface area contributed by atoms with Gasteiger partial charge in [-0.2, -0.15) is 9.79 Å². The summed E-state index contributed by atoms with van der Waals surface area (Å²) < 4.78 is 17.3. The summed E-state index contributed by atoms with van der Waals surface area (Å²) in [5, 5.41) is 11.7. The average molecular weight is 331 g/mol. The molecular formula is C11H25N7O3Si. The standard InChI is InChI=1S/C11H25N7O3Si/c1-4-19-22(20-5-2,21-6-3)9-7-8-18-16-11(15-17-18)14-10(12)13/h4-9H2,1-3H3,(H4,12,13,14,16). The molecule has 0 aromatic carbocycles. The maximum absolute atomic E-state index is 5.78. The quantitative estimate of drug-likeness (QED) is 0.329. The molecule has 0 saturated carbocycles. The highest BCUT2D eigenvalue weighted by atomic mass is 28.4. The molecule has 0 fully saturated rings. The van der Waals surface area contributed by atoms with E-state index in [1.807, 2.05) is 20.8 Å². The molecule has 0 amide bonds. The highest BCUT2D eigenvalue weighted by Crippen LogP contribution is 2.18. The SMILES string of the molecule is CCO[Si](CCCn1nnc(N=C(N)N)n1)(OCC)OCC. The van der Waals surface area contributed by atoms with Gasteiger partial charge in [-0.3, -0.25) is 0 Å². The smallest absolute Gasteiger partial charge is 0.374 e. The zero-order chi connectivity index (χ0) is 16.4. The molecule has 1 rings (SSSR count). The summed E-state index contributed by atoms with van der Waals surface area (Å²) in [6.07, 6.45) is 0.740. The third-order valence-corrected chi connectivity index (χ3v) is 5.76. The zero-order valence-electron chi connectivity index (χ0n) is 13.4. The molecule has 4 N–H and O–H groups in total. The molecule has 1 heterocycles. The van der Waals surface area contributed by atoms with Crippen molar-refractivity contribution in [3.8, 4) is 0 Å². The fourth-order valence-electron chi connectivity index (χ4n) is 1.93. The van der Waals surface area contributed by atoms with Gasteiger partial charge in [-0.05, 0) is 32.4 Å². The Labute approximate surface area is 131 Å². The van der Waals surface area contributed by atoms with Gasteiger partial charge in [0.1, 0.15) is 0 Å². The molecule has 0 spiro atoms. The third-order valence-electron chi connectivity index (χ3n) is 2.61. The van der Waals surface area contributed by atoms with Crippen LogP contribution in [0.4, 0.5) is 5.95 Å². The number of nitrogens with zero attached hydrogens (tertiary/aromatic N) is 5. The van der Waals surface area contributed by atoms with Crippen LogP contribution in [0.1, 0.15) is 27.2 Å². The number of hydrogen-bond donors (Lipinski definition) is 2. The van der Waals surface area contributed by atoms with Gasteiger partial charge in [0, 0.05) is 25.9 Å². The molecule has 22 heavy (non-hydrogen) atoms. The Kier molecular flexibility index (Phi) is 7.94. The van der Waals surface area contributed by atoms with Crippen LogP contribution < -0.4 is 11.5 Å². The first-order valence-electron chi connectivity index (χ1n) is 7.34. The maximum atomic E-state index is 5.78. The topological polar surface area (TPSA) is 136 Å². The minimum atomic E-state index is -2.63. The van der Waals surface area contributed by atoms with E-state index in [0.717, 1.165) is 6.42 Å². The lowest BCUT2D eigenvalue weighted by atomic mass is 10.5. The Morgan fingerprint density at radius 1 is 1.14 bits per heavy atom. The van der Waals surface area contributed by atoms with Crippen molar-refractivity contribution >= 4 is 20.7 Å². The number of aromatic nitrogens is 4. The maximum Gasteiger partial charge on any atom is 0.500 e. The number of hydrogen-bond acceptors (Lipinski definition) is 7. The summed E-state index contributed by atoms with van der Waals surface area (Å²) >= 11 is 0. The third kappa shape index (κ3) is 6.05. The van der Waals surface area contributed by atoms with Crippen LogP contribution in [-0.2, 0) is 19.8 Å². The van der Waals surface area contributed by atoms with Crippen molar-refractivity contribution in [3.63, 3.8) is 0 Å². The van der Waals surface area contributed by atoms with Crippen molar-refractivity contribution in [1.82, 2.24) is 20.2 Å². The molecule has 0 unspecified atom stereocenters. The second kappa shape index (κ2) is 9.45. The Bertz CT molecular complexity index is 447. The molecule has 1 aromatic rings. The van der Waals surface area contributed by atoms with Gasteiger partial charge in [-0.25, -0.2) is 0 Å². The van der Waals surface area contributed by atoms with Gasteiger partial charge < -0.3 is 24.7 Å². The Morgan fingerprint density at radius 3 is 2.23 bits per heavy atom. The molecule has 126 valence electrons. The van der Waals surface area contributed by atoms with E-state index in [1.165, 1.54) is 4.80 Å². The predicted molar refractivity (Wildman–Crippen MR) is 83.3 cm³/mol. The van der Waals surface area contributed by atoms with E-state index < -0.39 is 8.80 Å². The Balaban J connectivity index is 2.57. The van der Waals surface area contributed by atoms with E-state index in [1.54, 1.807) is 0 Å². The number of tetrazole rings is 1. The van der Waals surface area contributed by atoms with Crippen LogP contribution in [0.15, 0.2) is 4.99 Å². The lowest BCUT2D eigenvalue weighted by Crippen LogP contribution is -2.46. The summed E-state index contributed by atoms with van der Waals surface area (Å²) in [6, 6.07) is 0.682. The van der Waals surface area contributed by atoms with E-state index in [2.05, 4.69) is 20.4 Å². The molecule has 0 aliphatic heterocycles. The van der Waals surface area contributed by atoms with Crippen LogP contribution in [-0.4, -0.2) is 54.8 Å². The first-order chi connectivity index (χ1) is 10.5. The van der Waals surface area contributed by atoms with Crippen molar-refractivity contribution in [2.24, 2.45) is 16.5 Å². The summed E-state index contributed by atoms with van der Waals surface area (Å²) in [4.78, 5) is 5.16. The summed E-state index contributed by atoms with van der Waals surface area (Å²) in [5.41, 5.74) is 10.5. The second-order valence-corrected chi connectivity index (χ2v) is 7.04. The molecule has 0 aliphatic rings. The van der Waals surface area contributed by atoms with E-state index in [0.29, 0.717) is 32.4 Å². The van der Waals surface area contributed by atoms with Gasteiger partial charge in [0.15, 0.2) is 5.96 Å². The molecule has 0 atom stereocenters. The molecule has 1 aromatic heterocycles. The van der Waals surface area contributed by atoms with Crippen LogP contribution >= 0.6 is 0 Å². The minimum absolute atomic E-state index is 0.102. The van der Waals surface area contributed by atoms with Crippen molar-refractivity contribution in [3.05, 3.63) is 0 Å². The van der Waals surface area contributed by atoms with Crippen LogP contribution in [0.2, 0.25) is 6.04 Å². The molecular weight excluding hydrogens is 306 g/mol. The highest BCUT2D eigenvalue weighted by Gasteiger charge is 2.39. The monoisotopic (exact) mass is 331 g/mol. The zero-order valence-corrected chi connectivity index (χ0v) is 14.4. The molecule has 0 aliphatic carbocycles. The normalized spacial score (nSPS) is 11.6. The van der Waals surface area contributed by atoms with Gasteiger partial charge in [0.2, 0.25) is 0 Å². The van der Waals surface area contributed by atoms with E-state index in [4.69, 9.17) is 24.7 Å². The highest BCUT2D eigenvalue weighted by molar-refractivity contribution is 6.60. The van der Waals surface area contributed by atoms with E-state index >= 15 is 0 Å². The number of guanidine groups is 1. The molecule has 0 radical (unpaired) electrons. The number of nitrogens with two attached hydrogens (primary N) is 2. The van der Waals surface area contributed by atoms with E-state index in [-0.39, 0.29) is 11.9 Å². The summed E-state index contributed by atoms with van der Waals surface area (Å²) in [6.45, 7) is 8.02. The van der Waals surface area contributed by atoms with Gasteiger partial charge in [0.05, 0.1) is 6.54 Å². The van der Waals surface area contributed by atoms with E-state index in [9.17, 15) is 0 Å². The number of aliphatic imine (C=N–C) groups is 1. The second-order valence-electron chi connectivity index (χ2n) is 4.31. The lowest BCUT2D eigenvalue weighted by Gasteiger charge is -2.28. The molecule has 10 nitrogen and oxygen atoms in total. The Morgan fingerprint density at radius 2 is 1.73 bits per heavy atom.